The van der Waals surface area contributed by atoms with Gasteiger partial charge in [0.05, 0.1) is 8.95 Å². The van der Waals surface area contributed by atoms with Gasteiger partial charge in [0.25, 0.3) is 10.1 Å². The molecule has 0 bridgehead atoms. The lowest BCUT2D eigenvalue weighted by atomic mass is 9.93. The largest absolute Gasteiger partial charge is 0.505 e. The normalized spacial score (nSPS) is 12.0. The highest BCUT2D eigenvalue weighted by Crippen LogP contribution is 2.49. The Morgan fingerprint density at radius 1 is 0.900 bits per heavy atom. The molecule has 1 aliphatic carbocycles. The molecule has 154 valence electrons. The van der Waals surface area contributed by atoms with E-state index >= 15 is 0 Å². The van der Waals surface area contributed by atoms with Crippen molar-refractivity contribution in [3.63, 3.8) is 0 Å². The average Bonchev–Trinajstić information content (AvgIpc) is 2.69. The van der Waals surface area contributed by atoms with E-state index in [1.165, 1.54) is 18.2 Å². The second kappa shape index (κ2) is 7.72. The molecule has 6 nitrogen and oxygen atoms in total. The minimum absolute atomic E-state index is 0.119. The molecule has 2 aromatic rings. The van der Waals surface area contributed by atoms with Crippen LogP contribution < -0.4 is 5.43 Å². The Hall–Kier alpha value is -1.24. The van der Waals surface area contributed by atoms with Crippen LogP contribution in [0.25, 0.3) is 33.4 Å². The first kappa shape index (κ1) is 22.0. The Kier molecular flexibility index (Phi) is 5.65. The number of rotatable bonds is 2. The van der Waals surface area contributed by atoms with Crippen LogP contribution in [0.1, 0.15) is 0 Å². The van der Waals surface area contributed by atoms with Crippen molar-refractivity contribution >= 4 is 84.8 Å². The molecule has 0 saturated carbocycles. The zero-order valence-electron chi connectivity index (χ0n) is 14.4. The zero-order chi connectivity index (χ0) is 22.0. The summed E-state index contributed by atoms with van der Waals surface area (Å²) >= 11 is 13.0. The van der Waals surface area contributed by atoms with Gasteiger partial charge < -0.3 is 9.52 Å². The molecule has 2 aliphatic rings. The second-order valence-electron chi connectivity index (χ2n) is 6.22. The van der Waals surface area contributed by atoms with Crippen LogP contribution in [0.2, 0.25) is 0 Å². The summed E-state index contributed by atoms with van der Waals surface area (Å²) in [4.78, 5) is 12.1. The lowest BCUT2D eigenvalue weighted by Crippen LogP contribution is -2.07. The van der Waals surface area contributed by atoms with Gasteiger partial charge in [-0.05, 0) is 81.9 Å². The summed E-state index contributed by atoms with van der Waals surface area (Å²) in [6, 6.07) is 9.03. The topological polar surface area (TPSA) is 105 Å². The molecule has 1 heterocycles. The molecule has 0 aromatic heterocycles. The van der Waals surface area contributed by atoms with Crippen LogP contribution in [-0.4, -0.2) is 18.1 Å². The van der Waals surface area contributed by atoms with E-state index < -0.39 is 10.1 Å². The van der Waals surface area contributed by atoms with E-state index in [0.29, 0.717) is 21.0 Å². The van der Waals surface area contributed by atoms with E-state index in [0.717, 1.165) is 0 Å². The highest BCUT2D eigenvalue weighted by atomic mass is 79.9. The van der Waals surface area contributed by atoms with E-state index in [2.05, 4.69) is 63.7 Å². The van der Waals surface area contributed by atoms with Crippen LogP contribution in [-0.2, 0) is 10.1 Å². The smallest absolute Gasteiger partial charge is 0.295 e. The van der Waals surface area contributed by atoms with Gasteiger partial charge in [-0.15, -0.1) is 0 Å². The molecule has 30 heavy (non-hydrogen) atoms. The number of fused-ring (bicyclic) bond motifs is 2. The van der Waals surface area contributed by atoms with Gasteiger partial charge >= 0.3 is 0 Å². The molecule has 0 saturated heterocycles. The maximum atomic E-state index is 12.4. The highest BCUT2D eigenvalue weighted by Gasteiger charge is 2.28. The Balaban J connectivity index is 2.36. The van der Waals surface area contributed by atoms with Gasteiger partial charge in [-0.3, -0.25) is 9.35 Å². The Bertz CT molecular complexity index is 1490. The Morgan fingerprint density at radius 2 is 1.57 bits per heavy atom. The van der Waals surface area contributed by atoms with Crippen LogP contribution in [0.3, 0.4) is 0 Å². The third-order valence-corrected chi connectivity index (χ3v) is 8.02. The number of hydrogen-bond donors (Lipinski definition) is 2. The molecule has 11 heteroatoms. The quantitative estimate of drug-likeness (QED) is 0.183. The van der Waals surface area contributed by atoms with Gasteiger partial charge in [0.15, 0.2) is 11.3 Å². The number of benzene rings is 3. The summed E-state index contributed by atoms with van der Waals surface area (Å²) in [5, 5.41) is 10.8. The molecule has 0 amide bonds. The molecular weight excluding hydrogens is 676 g/mol. The Morgan fingerprint density at radius 3 is 2.23 bits per heavy atom. The fourth-order valence-electron chi connectivity index (χ4n) is 3.18. The van der Waals surface area contributed by atoms with Crippen LogP contribution in [0.15, 0.2) is 68.4 Å². The molecule has 2 N–H and O–H groups in total. The lowest BCUT2D eigenvalue weighted by molar-refractivity contribution is 0.467. The maximum Gasteiger partial charge on any atom is 0.295 e. The van der Waals surface area contributed by atoms with Crippen LogP contribution in [0.5, 0.6) is 5.75 Å². The predicted molar refractivity (Wildman–Crippen MR) is 127 cm³/mol. The molecule has 0 spiro atoms. The third kappa shape index (κ3) is 3.45. The minimum Gasteiger partial charge on any atom is -0.505 e. The van der Waals surface area contributed by atoms with E-state index in [1.807, 2.05) is 0 Å². The van der Waals surface area contributed by atoms with Crippen molar-refractivity contribution < 1.29 is 22.5 Å². The molecular formula is C19H8Br4O6S. The number of halogens is 4. The first-order valence-corrected chi connectivity index (χ1v) is 12.7. The van der Waals surface area contributed by atoms with Gasteiger partial charge in [0.2, 0.25) is 5.43 Å². The molecule has 0 unspecified atom stereocenters. The Labute approximate surface area is 203 Å². The van der Waals surface area contributed by atoms with Gasteiger partial charge in [-0.1, -0.05) is 18.2 Å². The van der Waals surface area contributed by atoms with Crippen molar-refractivity contribution in [1.82, 2.24) is 0 Å². The lowest BCUT2D eigenvalue weighted by Gasteiger charge is -2.19. The van der Waals surface area contributed by atoms with Crippen LogP contribution in [0.4, 0.5) is 0 Å². The fraction of sp³-hybridized carbons (Fsp3) is 0. The first-order chi connectivity index (χ1) is 14.0. The first-order valence-electron chi connectivity index (χ1n) is 8.04. The summed E-state index contributed by atoms with van der Waals surface area (Å²) in [5.74, 6) is 0.0217. The standard InChI is InChI=1S/C19H8Br4O6S/c20-10-5-8-13(7-3-1-2-4-12(7)30(26,27)28)9-6-11(21)17(25)15(23)19(9)29-18(8)14(22)16(10)24/h1-6,24H,(H,26,27,28). The number of phenols is 1. The summed E-state index contributed by atoms with van der Waals surface area (Å²) in [5.41, 5.74) is 0.833. The molecule has 0 radical (unpaired) electrons. The van der Waals surface area contributed by atoms with E-state index in [1.54, 1.807) is 18.2 Å². The van der Waals surface area contributed by atoms with Gasteiger partial charge in [-0.2, -0.15) is 8.42 Å². The highest BCUT2D eigenvalue weighted by molar-refractivity contribution is 9.11. The van der Waals surface area contributed by atoms with Crippen LogP contribution in [0, 0.1) is 0 Å². The van der Waals surface area contributed by atoms with Crippen molar-refractivity contribution in [3.8, 4) is 28.2 Å². The summed E-state index contributed by atoms with van der Waals surface area (Å²) < 4.78 is 40.8. The second-order valence-corrected chi connectivity index (χ2v) is 10.9. The van der Waals surface area contributed by atoms with Gasteiger partial charge in [-0.25, -0.2) is 0 Å². The molecule has 1 aliphatic heterocycles. The van der Waals surface area contributed by atoms with E-state index in [9.17, 15) is 22.9 Å². The average molecular weight is 684 g/mol. The zero-order valence-corrected chi connectivity index (χ0v) is 21.6. The van der Waals surface area contributed by atoms with Gasteiger partial charge in [0, 0.05) is 22.1 Å². The number of aromatic hydroxyl groups is 1. The van der Waals surface area contributed by atoms with E-state index in [-0.39, 0.29) is 46.4 Å². The number of phenolic OH excluding ortho intramolecular Hbond substituents is 1. The van der Waals surface area contributed by atoms with Gasteiger partial charge in [0.1, 0.15) is 19.6 Å². The van der Waals surface area contributed by atoms with Crippen LogP contribution >= 0.6 is 63.7 Å². The van der Waals surface area contributed by atoms with Crippen molar-refractivity contribution in [3.05, 3.63) is 64.5 Å². The molecule has 4 rings (SSSR count). The molecule has 0 atom stereocenters. The summed E-state index contributed by atoms with van der Waals surface area (Å²) in [7, 11) is -4.56. The van der Waals surface area contributed by atoms with Crippen molar-refractivity contribution in [2.75, 3.05) is 0 Å². The van der Waals surface area contributed by atoms with Crippen molar-refractivity contribution in [1.29, 1.82) is 0 Å². The minimum atomic E-state index is -4.56. The monoisotopic (exact) mass is 680 g/mol. The third-order valence-electron chi connectivity index (χ3n) is 4.46. The fourth-order valence-corrected chi connectivity index (χ4v) is 6.28. The SMILES string of the molecule is O=c1c(Br)cc2c(-c3ccccc3S(=O)(=O)O)c3cc(Br)c(O)c(Br)c3oc-2c1Br. The molecule has 0 fully saturated rings. The maximum absolute atomic E-state index is 12.4. The van der Waals surface area contributed by atoms with Crippen molar-refractivity contribution in [2.45, 2.75) is 4.90 Å². The summed E-state index contributed by atoms with van der Waals surface area (Å²) in [6.45, 7) is 0. The number of hydrogen-bond acceptors (Lipinski definition) is 5. The predicted octanol–water partition coefficient (Wildman–Crippen LogP) is 6.57. The molecule has 2 aromatic carbocycles. The van der Waals surface area contributed by atoms with E-state index in [4.69, 9.17) is 4.42 Å². The van der Waals surface area contributed by atoms with Crippen molar-refractivity contribution in [2.24, 2.45) is 0 Å². The summed E-state index contributed by atoms with van der Waals surface area (Å²) in [6.07, 6.45) is 0.